The number of benzene rings is 2. The summed E-state index contributed by atoms with van der Waals surface area (Å²) in [5.74, 6) is -1.41. The second kappa shape index (κ2) is 7.48. The van der Waals surface area contributed by atoms with Gasteiger partial charge < -0.3 is 4.74 Å². The van der Waals surface area contributed by atoms with Crippen molar-refractivity contribution in [2.24, 2.45) is 0 Å². The predicted octanol–water partition coefficient (Wildman–Crippen LogP) is 3.80. The van der Waals surface area contributed by atoms with Crippen LogP contribution in [0.3, 0.4) is 0 Å². The molecule has 0 saturated carbocycles. The van der Waals surface area contributed by atoms with Gasteiger partial charge in [-0.1, -0.05) is 12.1 Å². The molecule has 0 radical (unpaired) electrons. The molecule has 1 aliphatic heterocycles. The third kappa shape index (κ3) is 3.32. The molecule has 1 heterocycles. The second-order valence-corrected chi connectivity index (χ2v) is 6.50. The number of nitrogens with zero attached hydrogens (tertiary/aromatic N) is 1. The fourth-order valence-corrected chi connectivity index (χ4v) is 3.15. The number of hydrogen-bond acceptors (Lipinski definition) is 4. The quantitative estimate of drug-likeness (QED) is 0.441. The fraction of sp³-hybridized carbons (Fsp3) is 0.211. The Morgan fingerprint density at radius 1 is 1.04 bits per heavy atom. The molecule has 26 heavy (non-hydrogen) atoms. The van der Waals surface area contributed by atoms with Gasteiger partial charge in [0.1, 0.15) is 6.10 Å². The number of alkyl halides is 2. The average Bonchev–Trinajstić information content (AvgIpc) is 2.89. The normalized spacial score (nSPS) is 13.3. The van der Waals surface area contributed by atoms with Gasteiger partial charge in [0, 0.05) is 0 Å². The van der Waals surface area contributed by atoms with E-state index in [1.807, 2.05) is 13.0 Å². The molecule has 2 aromatic rings. The summed E-state index contributed by atoms with van der Waals surface area (Å²) in [5.41, 5.74) is 2.00. The largest absolute Gasteiger partial charge is 0.456 e. The molecule has 0 unspecified atom stereocenters. The first kappa shape index (κ1) is 18.4. The highest BCUT2D eigenvalue weighted by Gasteiger charge is 2.37. The molecule has 5 nitrogen and oxygen atoms in total. The summed E-state index contributed by atoms with van der Waals surface area (Å²) >= 11 is 11.3. The fourth-order valence-electron chi connectivity index (χ4n) is 2.69. The van der Waals surface area contributed by atoms with E-state index in [1.54, 1.807) is 18.2 Å². The van der Waals surface area contributed by atoms with Crippen LogP contribution in [0.5, 0.6) is 0 Å². The first-order valence-electron chi connectivity index (χ1n) is 7.88. The SMILES string of the molecule is Cc1cccc(N2C(=O)c3ccc(C(=O)OC(CCl)CCl)cc3C2=O)c1. The molecule has 0 aliphatic carbocycles. The molecule has 0 saturated heterocycles. The molecular formula is C19H15Cl2NO4. The van der Waals surface area contributed by atoms with Gasteiger partial charge in [0.2, 0.25) is 0 Å². The standard InChI is InChI=1S/C19H15Cl2NO4/c1-11-3-2-4-13(7-11)22-17(23)15-6-5-12(8-16(15)18(22)24)19(25)26-14(9-20)10-21/h2-8,14H,9-10H2,1H3. The summed E-state index contributed by atoms with van der Waals surface area (Å²) in [6.07, 6.45) is -0.625. The number of carbonyl (C=O) groups is 3. The van der Waals surface area contributed by atoms with Crippen LogP contribution in [0.15, 0.2) is 42.5 Å². The van der Waals surface area contributed by atoms with Crippen molar-refractivity contribution < 1.29 is 19.1 Å². The van der Waals surface area contributed by atoms with E-state index in [0.717, 1.165) is 10.5 Å². The van der Waals surface area contributed by atoms with Gasteiger partial charge in [-0.05, 0) is 42.8 Å². The van der Waals surface area contributed by atoms with Crippen molar-refractivity contribution in [1.82, 2.24) is 0 Å². The van der Waals surface area contributed by atoms with Gasteiger partial charge in [0.25, 0.3) is 11.8 Å². The molecule has 2 aromatic carbocycles. The molecule has 0 aromatic heterocycles. The number of hydrogen-bond donors (Lipinski definition) is 0. The third-order valence-electron chi connectivity index (χ3n) is 4.00. The van der Waals surface area contributed by atoms with Gasteiger partial charge in [-0.2, -0.15) is 0 Å². The highest BCUT2D eigenvalue weighted by Crippen LogP contribution is 2.29. The number of amides is 2. The highest BCUT2D eigenvalue weighted by atomic mass is 35.5. The maximum Gasteiger partial charge on any atom is 0.338 e. The van der Waals surface area contributed by atoms with Crippen molar-refractivity contribution in [3.05, 3.63) is 64.7 Å². The van der Waals surface area contributed by atoms with Crippen molar-refractivity contribution in [2.75, 3.05) is 16.7 Å². The number of halogens is 2. The number of rotatable bonds is 5. The summed E-state index contributed by atoms with van der Waals surface area (Å²) < 4.78 is 5.17. The summed E-state index contributed by atoms with van der Waals surface area (Å²) in [7, 11) is 0. The molecule has 2 amide bonds. The van der Waals surface area contributed by atoms with Crippen LogP contribution in [0.4, 0.5) is 5.69 Å². The van der Waals surface area contributed by atoms with Crippen LogP contribution in [0.25, 0.3) is 0 Å². The van der Waals surface area contributed by atoms with Gasteiger partial charge in [-0.15, -0.1) is 23.2 Å². The summed E-state index contributed by atoms with van der Waals surface area (Å²) in [6.45, 7) is 1.87. The van der Waals surface area contributed by atoms with Crippen molar-refractivity contribution in [3.63, 3.8) is 0 Å². The van der Waals surface area contributed by atoms with Crippen LogP contribution in [0.2, 0.25) is 0 Å². The summed E-state index contributed by atoms with van der Waals surface area (Å²) in [4.78, 5) is 38.7. The third-order valence-corrected chi connectivity index (χ3v) is 4.69. The Morgan fingerprint density at radius 3 is 2.38 bits per heavy atom. The number of ether oxygens (including phenoxy) is 1. The smallest absolute Gasteiger partial charge is 0.338 e. The lowest BCUT2D eigenvalue weighted by Gasteiger charge is -2.14. The lowest BCUT2D eigenvalue weighted by atomic mass is 10.1. The Labute approximate surface area is 160 Å². The Bertz CT molecular complexity index is 893. The molecule has 0 N–H and O–H groups in total. The average molecular weight is 392 g/mol. The van der Waals surface area contributed by atoms with E-state index in [4.69, 9.17) is 27.9 Å². The van der Waals surface area contributed by atoms with E-state index < -0.39 is 23.9 Å². The second-order valence-electron chi connectivity index (χ2n) is 5.88. The molecule has 1 aliphatic rings. The maximum atomic E-state index is 12.7. The predicted molar refractivity (Wildman–Crippen MR) is 99.4 cm³/mol. The number of esters is 1. The zero-order chi connectivity index (χ0) is 18.8. The summed E-state index contributed by atoms with van der Waals surface area (Å²) in [6, 6.07) is 11.4. The Kier molecular flexibility index (Phi) is 5.30. The van der Waals surface area contributed by atoms with Gasteiger partial charge in [0.05, 0.1) is 34.1 Å². The number of fused-ring (bicyclic) bond motifs is 1. The highest BCUT2D eigenvalue weighted by molar-refractivity contribution is 6.34. The van der Waals surface area contributed by atoms with Crippen LogP contribution in [-0.2, 0) is 4.74 Å². The molecule has 0 bridgehead atoms. The molecule has 7 heteroatoms. The van der Waals surface area contributed by atoms with E-state index in [0.29, 0.717) is 5.69 Å². The molecule has 134 valence electrons. The Hall–Kier alpha value is -2.37. The van der Waals surface area contributed by atoms with Crippen LogP contribution < -0.4 is 4.90 Å². The van der Waals surface area contributed by atoms with Crippen molar-refractivity contribution in [1.29, 1.82) is 0 Å². The first-order valence-corrected chi connectivity index (χ1v) is 8.95. The topological polar surface area (TPSA) is 63.7 Å². The van der Waals surface area contributed by atoms with E-state index in [1.165, 1.54) is 18.2 Å². The molecule has 0 spiro atoms. The minimum Gasteiger partial charge on any atom is -0.456 e. The van der Waals surface area contributed by atoms with Gasteiger partial charge >= 0.3 is 5.97 Å². The van der Waals surface area contributed by atoms with Crippen LogP contribution >= 0.6 is 23.2 Å². The zero-order valence-corrected chi connectivity index (χ0v) is 15.4. The maximum absolute atomic E-state index is 12.7. The van der Waals surface area contributed by atoms with Crippen LogP contribution in [-0.4, -0.2) is 35.6 Å². The lowest BCUT2D eigenvalue weighted by Crippen LogP contribution is -2.29. The number of anilines is 1. The Balaban J connectivity index is 1.92. The van der Waals surface area contributed by atoms with Crippen LogP contribution in [0, 0.1) is 6.92 Å². The first-order chi connectivity index (χ1) is 12.5. The Morgan fingerprint density at radius 2 is 1.73 bits per heavy atom. The molecule has 0 fully saturated rings. The molecule has 0 atom stereocenters. The minimum atomic E-state index is -0.645. The van der Waals surface area contributed by atoms with E-state index in [-0.39, 0.29) is 28.5 Å². The number of aryl methyl sites for hydroxylation is 1. The minimum absolute atomic E-state index is 0.0682. The molecule has 3 rings (SSSR count). The van der Waals surface area contributed by atoms with Gasteiger partial charge in [-0.3, -0.25) is 9.59 Å². The monoisotopic (exact) mass is 391 g/mol. The van der Waals surface area contributed by atoms with Gasteiger partial charge in [0.15, 0.2) is 0 Å². The van der Waals surface area contributed by atoms with E-state index in [9.17, 15) is 14.4 Å². The number of imide groups is 1. The lowest BCUT2D eigenvalue weighted by molar-refractivity contribution is 0.0389. The van der Waals surface area contributed by atoms with E-state index >= 15 is 0 Å². The van der Waals surface area contributed by atoms with E-state index in [2.05, 4.69) is 0 Å². The zero-order valence-electron chi connectivity index (χ0n) is 13.9. The summed E-state index contributed by atoms with van der Waals surface area (Å²) in [5, 5.41) is 0. The molecular weight excluding hydrogens is 377 g/mol. The van der Waals surface area contributed by atoms with Crippen molar-refractivity contribution in [2.45, 2.75) is 13.0 Å². The van der Waals surface area contributed by atoms with Crippen LogP contribution in [0.1, 0.15) is 36.6 Å². The van der Waals surface area contributed by atoms with Gasteiger partial charge in [-0.25, -0.2) is 9.69 Å². The van der Waals surface area contributed by atoms with Crippen molar-refractivity contribution in [3.8, 4) is 0 Å². The van der Waals surface area contributed by atoms with Crippen molar-refractivity contribution >= 4 is 46.7 Å². The number of carbonyl (C=O) groups excluding carboxylic acids is 3.